The van der Waals surface area contributed by atoms with Crippen molar-refractivity contribution in [2.45, 2.75) is 45.7 Å². The molecule has 2 atom stereocenters. The molecule has 2 aromatic carbocycles. The van der Waals surface area contributed by atoms with Crippen molar-refractivity contribution >= 4 is 22.9 Å². The van der Waals surface area contributed by atoms with Crippen LogP contribution in [-0.4, -0.2) is 21.3 Å². The summed E-state index contributed by atoms with van der Waals surface area (Å²) in [5.41, 5.74) is 3.90. The molecular formula is C28H32N4O2S. The largest absolute Gasteiger partial charge is 0.319 e. The van der Waals surface area contributed by atoms with Gasteiger partial charge in [0.15, 0.2) is 0 Å². The molecule has 0 aliphatic carbocycles. The van der Waals surface area contributed by atoms with Gasteiger partial charge in [0.25, 0.3) is 5.56 Å². The van der Waals surface area contributed by atoms with Crippen molar-refractivity contribution in [1.82, 2.24) is 14.7 Å². The lowest BCUT2D eigenvalue weighted by molar-refractivity contribution is -0.117. The van der Waals surface area contributed by atoms with Gasteiger partial charge in [0.1, 0.15) is 5.69 Å². The van der Waals surface area contributed by atoms with Gasteiger partial charge in [-0.15, -0.1) is 11.3 Å². The molecule has 1 amide bonds. The second-order valence-electron chi connectivity index (χ2n) is 8.75. The van der Waals surface area contributed by atoms with E-state index in [4.69, 9.17) is 0 Å². The summed E-state index contributed by atoms with van der Waals surface area (Å²) >= 11 is 1.65. The van der Waals surface area contributed by atoms with Crippen LogP contribution < -0.4 is 16.2 Å². The smallest absolute Gasteiger partial charge is 0.295 e. The Morgan fingerprint density at radius 2 is 1.74 bits per heavy atom. The van der Waals surface area contributed by atoms with Crippen molar-refractivity contribution in [3.05, 3.63) is 104 Å². The van der Waals surface area contributed by atoms with Gasteiger partial charge in [-0.3, -0.25) is 19.6 Å². The number of thiophene rings is 1. The molecule has 0 radical (unpaired) electrons. The van der Waals surface area contributed by atoms with E-state index in [1.54, 1.807) is 20.7 Å². The summed E-state index contributed by atoms with van der Waals surface area (Å²) in [6.07, 6.45) is 2.15. The lowest BCUT2D eigenvalue weighted by atomic mass is 10.0. The molecule has 0 aliphatic rings. The number of carbonyl (C=O) groups excluding carboxylic acids is 1. The number of aryl methyl sites for hydroxylation is 1. The van der Waals surface area contributed by atoms with Gasteiger partial charge in [0, 0.05) is 11.9 Å². The van der Waals surface area contributed by atoms with Crippen molar-refractivity contribution in [2.75, 3.05) is 5.32 Å². The highest BCUT2D eigenvalue weighted by molar-refractivity contribution is 7.10. The molecule has 2 aromatic heterocycles. The zero-order chi connectivity index (χ0) is 24.9. The van der Waals surface area contributed by atoms with Gasteiger partial charge in [-0.2, -0.15) is 0 Å². The van der Waals surface area contributed by atoms with Crippen molar-refractivity contribution in [2.24, 2.45) is 7.05 Å². The minimum absolute atomic E-state index is 0.121. The minimum atomic E-state index is -0.526. The monoisotopic (exact) mass is 488 g/mol. The van der Waals surface area contributed by atoms with E-state index in [9.17, 15) is 9.59 Å². The fraction of sp³-hybridized carbons (Fsp3) is 0.286. The van der Waals surface area contributed by atoms with Crippen LogP contribution >= 0.6 is 11.3 Å². The molecule has 0 saturated carbocycles. The van der Waals surface area contributed by atoms with Crippen molar-refractivity contribution < 1.29 is 4.79 Å². The van der Waals surface area contributed by atoms with Crippen LogP contribution in [0.3, 0.4) is 0 Å². The average molecular weight is 489 g/mol. The number of rotatable bonds is 9. The Hall–Kier alpha value is -3.42. The quantitative estimate of drug-likeness (QED) is 0.340. The summed E-state index contributed by atoms with van der Waals surface area (Å²) in [6.45, 7) is 5.84. The molecule has 7 heteroatoms. The van der Waals surface area contributed by atoms with Crippen molar-refractivity contribution in [3.63, 3.8) is 0 Å². The van der Waals surface area contributed by atoms with E-state index >= 15 is 0 Å². The highest BCUT2D eigenvalue weighted by atomic mass is 32.1. The molecule has 4 aromatic rings. The Kier molecular flexibility index (Phi) is 7.68. The summed E-state index contributed by atoms with van der Waals surface area (Å²) in [5.74, 6) is -0.250. The summed E-state index contributed by atoms with van der Waals surface area (Å²) in [6, 6.07) is 21.4. The molecular weight excluding hydrogens is 456 g/mol. The Balaban J connectivity index is 1.56. The van der Waals surface area contributed by atoms with Crippen LogP contribution in [-0.2, 0) is 18.3 Å². The molecule has 0 aliphatic heterocycles. The van der Waals surface area contributed by atoms with E-state index in [1.807, 2.05) is 62.7 Å². The van der Waals surface area contributed by atoms with Gasteiger partial charge >= 0.3 is 0 Å². The summed E-state index contributed by atoms with van der Waals surface area (Å²) in [4.78, 5) is 27.5. The number of hydrogen-bond donors (Lipinski definition) is 2. The third-order valence-electron chi connectivity index (χ3n) is 6.29. The fourth-order valence-electron chi connectivity index (χ4n) is 4.23. The van der Waals surface area contributed by atoms with E-state index in [0.717, 1.165) is 29.0 Å². The van der Waals surface area contributed by atoms with Gasteiger partial charge in [0.05, 0.1) is 23.5 Å². The summed E-state index contributed by atoms with van der Waals surface area (Å²) in [5, 5.41) is 8.41. The number of para-hydroxylation sites is 1. The number of amides is 1. The second kappa shape index (κ2) is 10.9. The summed E-state index contributed by atoms with van der Waals surface area (Å²) < 4.78 is 3.33. The first-order chi connectivity index (χ1) is 16.9. The topological polar surface area (TPSA) is 68.1 Å². The molecule has 0 saturated heterocycles. The maximum Gasteiger partial charge on any atom is 0.295 e. The SMILES string of the molecule is CCCc1ccc([C@H](N[C@@H](C)C(=O)Nc2c(C)n(C)n(-c3ccccc3)c2=O)c2cccs2)cc1. The highest BCUT2D eigenvalue weighted by Crippen LogP contribution is 2.27. The van der Waals surface area contributed by atoms with E-state index < -0.39 is 6.04 Å². The number of nitrogens with zero attached hydrogens (tertiary/aromatic N) is 2. The Labute approximate surface area is 210 Å². The maximum absolute atomic E-state index is 13.2. The number of hydrogen-bond acceptors (Lipinski definition) is 4. The van der Waals surface area contributed by atoms with Gasteiger partial charge in [-0.1, -0.05) is 61.9 Å². The number of aromatic nitrogens is 2. The third kappa shape index (κ3) is 5.31. The van der Waals surface area contributed by atoms with Gasteiger partial charge < -0.3 is 5.32 Å². The standard InChI is InChI=1S/C28H32N4O2S/c1-5-10-21-14-16-22(17-15-21)26(24-13-9-18-35-24)29-19(2)27(33)30-25-20(3)31(4)32(28(25)34)23-11-7-6-8-12-23/h6-9,11-19,26,29H,5,10H2,1-4H3,(H,30,33)/t19-,26-/m0/s1. The molecule has 182 valence electrons. The number of benzene rings is 2. The molecule has 0 bridgehead atoms. The van der Waals surface area contributed by atoms with Crippen LogP contribution in [0.5, 0.6) is 0 Å². The van der Waals surface area contributed by atoms with Crippen LogP contribution in [0.2, 0.25) is 0 Å². The van der Waals surface area contributed by atoms with Crippen LogP contribution in [0.15, 0.2) is 76.9 Å². The van der Waals surface area contributed by atoms with Crippen molar-refractivity contribution in [3.8, 4) is 5.69 Å². The predicted molar refractivity (Wildman–Crippen MR) is 144 cm³/mol. The Morgan fingerprint density at radius 3 is 2.37 bits per heavy atom. The normalized spacial score (nSPS) is 12.9. The maximum atomic E-state index is 13.2. The van der Waals surface area contributed by atoms with E-state index in [0.29, 0.717) is 11.4 Å². The first-order valence-corrected chi connectivity index (χ1v) is 12.8. The van der Waals surface area contributed by atoms with Gasteiger partial charge in [-0.25, -0.2) is 4.68 Å². The van der Waals surface area contributed by atoms with E-state index in [-0.39, 0.29) is 17.5 Å². The van der Waals surface area contributed by atoms with Gasteiger partial charge in [0.2, 0.25) is 5.91 Å². The third-order valence-corrected chi connectivity index (χ3v) is 7.23. The van der Waals surface area contributed by atoms with Crippen molar-refractivity contribution in [1.29, 1.82) is 0 Å². The summed E-state index contributed by atoms with van der Waals surface area (Å²) in [7, 11) is 1.82. The first-order valence-electron chi connectivity index (χ1n) is 11.9. The fourth-order valence-corrected chi connectivity index (χ4v) is 5.04. The molecule has 0 fully saturated rings. The molecule has 6 nitrogen and oxygen atoms in total. The average Bonchev–Trinajstić information content (AvgIpc) is 3.47. The van der Waals surface area contributed by atoms with E-state index in [1.165, 1.54) is 5.56 Å². The second-order valence-corrected chi connectivity index (χ2v) is 9.73. The minimum Gasteiger partial charge on any atom is -0.319 e. The molecule has 0 unspecified atom stereocenters. The zero-order valence-corrected chi connectivity index (χ0v) is 21.4. The van der Waals surface area contributed by atoms with Crippen LogP contribution in [0.4, 0.5) is 5.69 Å². The van der Waals surface area contributed by atoms with E-state index in [2.05, 4.69) is 47.9 Å². The zero-order valence-electron chi connectivity index (χ0n) is 20.6. The number of anilines is 1. The van der Waals surface area contributed by atoms with Crippen LogP contribution in [0.1, 0.15) is 48.0 Å². The molecule has 4 rings (SSSR count). The lowest BCUT2D eigenvalue weighted by Gasteiger charge is -2.23. The Morgan fingerprint density at radius 1 is 1.03 bits per heavy atom. The lowest BCUT2D eigenvalue weighted by Crippen LogP contribution is -2.41. The molecule has 2 N–H and O–H groups in total. The van der Waals surface area contributed by atoms with Crippen LogP contribution in [0.25, 0.3) is 5.69 Å². The van der Waals surface area contributed by atoms with Crippen LogP contribution in [0, 0.1) is 6.92 Å². The Bertz CT molecular complexity index is 1320. The molecule has 0 spiro atoms. The molecule has 35 heavy (non-hydrogen) atoms. The number of nitrogens with one attached hydrogen (secondary N) is 2. The van der Waals surface area contributed by atoms with Gasteiger partial charge in [-0.05, 0) is 55.0 Å². The number of carbonyl (C=O) groups is 1. The predicted octanol–water partition coefficient (Wildman–Crippen LogP) is 5.20. The highest BCUT2D eigenvalue weighted by Gasteiger charge is 2.24. The first kappa shape index (κ1) is 24.7. The molecule has 2 heterocycles.